The van der Waals surface area contributed by atoms with Gasteiger partial charge in [-0.05, 0) is 32.6 Å². The summed E-state index contributed by atoms with van der Waals surface area (Å²) >= 11 is 0. The van der Waals surface area contributed by atoms with Crippen molar-refractivity contribution in [1.82, 2.24) is 0 Å². The zero-order valence-corrected chi connectivity index (χ0v) is 7.80. The molecule has 1 saturated carbocycles. The van der Waals surface area contributed by atoms with Gasteiger partial charge in [-0.3, -0.25) is 4.79 Å². The van der Waals surface area contributed by atoms with Crippen LogP contribution in [-0.2, 0) is 9.53 Å². The first-order chi connectivity index (χ1) is 5.56. The number of rotatable bonds is 3. The summed E-state index contributed by atoms with van der Waals surface area (Å²) in [5.41, 5.74) is 4.92. The minimum Gasteiger partial charge on any atom is -0.461 e. The van der Waals surface area contributed by atoms with Crippen LogP contribution in [0.25, 0.3) is 0 Å². The molecule has 0 saturated heterocycles. The number of hydrogen-bond donors (Lipinski definition) is 1. The number of carbonyl (C=O) groups is 1. The Balaban J connectivity index is 2.35. The van der Waals surface area contributed by atoms with Crippen molar-refractivity contribution in [1.29, 1.82) is 0 Å². The van der Waals surface area contributed by atoms with E-state index in [0.29, 0.717) is 6.42 Å². The Bertz CT molecular complexity index is 173. The predicted octanol–water partition coefficient (Wildman–Crippen LogP) is 1.21. The van der Waals surface area contributed by atoms with Crippen LogP contribution in [0.1, 0.15) is 39.5 Å². The average molecular weight is 171 g/mol. The summed E-state index contributed by atoms with van der Waals surface area (Å²) in [5.74, 6) is -0.255. The fourth-order valence-electron chi connectivity index (χ4n) is 0.919. The van der Waals surface area contributed by atoms with Crippen LogP contribution in [0.15, 0.2) is 0 Å². The van der Waals surface area contributed by atoms with Crippen molar-refractivity contribution in [2.75, 3.05) is 0 Å². The molecule has 0 aromatic rings. The second kappa shape index (κ2) is 3.44. The van der Waals surface area contributed by atoms with E-state index in [-0.39, 0.29) is 12.1 Å². The maximum atomic E-state index is 11.4. The first kappa shape index (κ1) is 9.52. The predicted molar refractivity (Wildman–Crippen MR) is 46.6 cm³/mol. The Morgan fingerprint density at radius 1 is 1.67 bits per heavy atom. The van der Waals surface area contributed by atoms with Gasteiger partial charge >= 0.3 is 5.97 Å². The molecule has 0 aliphatic heterocycles. The second-order valence-corrected chi connectivity index (χ2v) is 3.73. The summed E-state index contributed by atoms with van der Waals surface area (Å²) in [6.07, 6.45) is 3.95. The van der Waals surface area contributed by atoms with E-state index in [1.54, 1.807) is 6.92 Å². The maximum absolute atomic E-state index is 11.4. The molecule has 1 aliphatic rings. The lowest BCUT2D eigenvalue weighted by atomic mass is 9.95. The van der Waals surface area contributed by atoms with Crippen LogP contribution >= 0.6 is 0 Å². The Hall–Kier alpha value is -0.570. The van der Waals surface area contributed by atoms with Crippen LogP contribution in [-0.4, -0.2) is 17.6 Å². The van der Waals surface area contributed by atoms with E-state index in [1.165, 1.54) is 6.42 Å². The van der Waals surface area contributed by atoms with E-state index in [2.05, 4.69) is 0 Å². The lowest BCUT2D eigenvalue weighted by molar-refractivity contribution is -0.159. The fourth-order valence-corrected chi connectivity index (χ4v) is 0.919. The molecule has 0 amide bonds. The molecular formula is C9H17NO2. The number of ether oxygens (including phenoxy) is 1. The third kappa shape index (κ3) is 1.97. The van der Waals surface area contributed by atoms with Crippen LogP contribution in [0.4, 0.5) is 0 Å². The van der Waals surface area contributed by atoms with Crippen LogP contribution in [0.2, 0.25) is 0 Å². The topological polar surface area (TPSA) is 52.3 Å². The van der Waals surface area contributed by atoms with Gasteiger partial charge in [-0.15, -0.1) is 0 Å². The van der Waals surface area contributed by atoms with E-state index >= 15 is 0 Å². The van der Waals surface area contributed by atoms with Crippen molar-refractivity contribution in [3.8, 4) is 0 Å². The molecule has 0 radical (unpaired) electrons. The SMILES string of the molecule is CCC(C)(N)C(=O)OC1CCC1. The summed E-state index contributed by atoms with van der Waals surface area (Å²) in [4.78, 5) is 11.4. The van der Waals surface area contributed by atoms with Gasteiger partial charge in [0.15, 0.2) is 0 Å². The summed E-state index contributed by atoms with van der Waals surface area (Å²) < 4.78 is 5.18. The van der Waals surface area contributed by atoms with Crippen molar-refractivity contribution in [2.45, 2.75) is 51.2 Å². The summed E-state index contributed by atoms with van der Waals surface area (Å²) in [5, 5.41) is 0. The van der Waals surface area contributed by atoms with Gasteiger partial charge in [-0.1, -0.05) is 6.92 Å². The van der Waals surface area contributed by atoms with Crippen LogP contribution in [0.5, 0.6) is 0 Å². The molecule has 1 rings (SSSR count). The molecule has 0 heterocycles. The van der Waals surface area contributed by atoms with Crippen molar-refractivity contribution in [3.05, 3.63) is 0 Å². The van der Waals surface area contributed by atoms with Crippen molar-refractivity contribution in [3.63, 3.8) is 0 Å². The molecule has 1 fully saturated rings. The minimum atomic E-state index is -0.796. The Morgan fingerprint density at radius 3 is 2.58 bits per heavy atom. The Labute approximate surface area is 73.3 Å². The third-order valence-electron chi connectivity index (χ3n) is 2.53. The van der Waals surface area contributed by atoms with Crippen molar-refractivity contribution >= 4 is 5.97 Å². The van der Waals surface area contributed by atoms with Gasteiger partial charge in [-0.25, -0.2) is 0 Å². The van der Waals surface area contributed by atoms with Gasteiger partial charge in [0.05, 0.1) is 0 Å². The van der Waals surface area contributed by atoms with Gasteiger partial charge in [0, 0.05) is 0 Å². The maximum Gasteiger partial charge on any atom is 0.326 e. The minimum absolute atomic E-state index is 0.145. The van der Waals surface area contributed by atoms with Gasteiger partial charge in [0.1, 0.15) is 11.6 Å². The van der Waals surface area contributed by atoms with Gasteiger partial charge in [0.2, 0.25) is 0 Å². The van der Waals surface area contributed by atoms with E-state index in [0.717, 1.165) is 12.8 Å². The van der Waals surface area contributed by atoms with Crippen LogP contribution < -0.4 is 5.73 Å². The van der Waals surface area contributed by atoms with Gasteiger partial charge < -0.3 is 10.5 Å². The summed E-state index contributed by atoms with van der Waals surface area (Å²) in [6.45, 7) is 3.61. The molecule has 70 valence electrons. The van der Waals surface area contributed by atoms with Crippen LogP contribution in [0, 0.1) is 0 Å². The molecule has 0 aromatic heterocycles. The molecule has 2 N–H and O–H groups in total. The van der Waals surface area contributed by atoms with E-state index < -0.39 is 5.54 Å². The quantitative estimate of drug-likeness (QED) is 0.649. The monoisotopic (exact) mass is 171 g/mol. The second-order valence-electron chi connectivity index (χ2n) is 3.73. The average Bonchev–Trinajstić information content (AvgIpc) is 1.96. The highest BCUT2D eigenvalue weighted by atomic mass is 16.5. The number of esters is 1. The lowest BCUT2D eigenvalue weighted by Crippen LogP contribution is -2.47. The highest BCUT2D eigenvalue weighted by Crippen LogP contribution is 2.23. The normalized spacial score (nSPS) is 22.6. The van der Waals surface area contributed by atoms with E-state index in [1.807, 2.05) is 6.92 Å². The summed E-state index contributed by atoms with van der Waals surface area (Å²) in [6, 6.07) is 0. The Kier molecular flexibility index (Phi) is 2.73. The van der Waals surface area contributed by atoms with Crippen molar-refractivity contribution < 1.29 is 9.53 Å². The molecule has 0 spiro atoms. The standard InChI is InChI=1S/C9H17NO2/c1-3-9(2,10)8(11)12-7-5-4-6-7/h7H,3-6,10H2,1-2H3. The highest BCUT2D eigenvalue weighted by molar-refractivity contribution is 5.80. The molecule has 3 nitrogen and oxygen atoms in total. The number of nitrogens with two attached hydrogens (primary N) is 1. The van der Waals surface area contributed by atoms with E-state index in [4.69, 9.17) is 10.5 Å². The highest BCUT2D eigenvalue weighted by Gasteiger charge is 2.31. The van der Waals surface area contributed by atoms with Gasteiger partial charge in [0.25, 0.3) is 0 Å². The molecule has 3 heteroatoms. The van der Waals surface area contributed by atoms with E-state index in [9.17, 15) is 4.79 Å². The molecular weight excluding hydrogens is 154 g/mol. The summed E-state index contributed by atoms with van der Waals surface area (Å²) in [7, 11) is 0. The van der Waals surface area contributed by atoms with Crippen molar-refractivity contribution in [2.24, 2.45) is 5.73 Å². The zero-order chi connectivity index (χ0) is 9.19. The largest absolute Gasteiger partial charge is 0.461 e. The molecule has 0 aromatic carbocycles. The smallest absolute Gasteiger partial charge is 0.326 e. The first-order valence-electron chi connectivity index (χ1n) is 4.56. The zero-order valence-electron chi connectivity index (χ0n) is 7.80. The third-order valence-corrected chi connectivity index (χ3v) is 2.53. The number of hydrogen-bond acceptors (Lipinski definition) is 3. The fraction of sp³-hybridized carbons (Fsp3) is 0.889. The Morgan fingerprint density at radius 2 is 2.25 bits per heavy atom. The first-order valence-corrected chi connectivity index (χ1v) is 4.56. The van der Waals surface area contributed by atoms with Gasteiger partial charge in [-0.2, -0.15) is 0 Å². The molecule has 1 aliphatic carbocycles. The molecule has 0 bridgehead atoms. The van der Waals surface area contributed by atoms with Crippen LogP contribution in [0.3, 0.4) is 0 Å². The molecule has 1 atom stereocenters. The molecule has 12 heavy (non-hydrogen) atoms. The number of carbonyl (C=O) groups excluding carboxylic acids is 1. The molecule has 1 unspecified atom stereocenters. The lowest BCUT2D eigenvalue weighted by Gasteiger charge is -2.29.